The summed E-state index contributed by atoms with van der Waals surface area (Å²) in [5.41, 5.74) is 7.31. The Morgan fingerprint density at radius 2 is 1.81 bits per heavy atom. The molecule has 1 aliphatic rings. The van der Waals surface area contributed by atoms with Crippen LogP contribution in [0.4, 0.5) is 0 Å². The van der Waals surface area contributed by atoms with Gasteiger partial charge in [0.25, 0.3) is 0 Å². The van der Waals surface area contributed by atoms with Crippen LogP contribution in [0.5, 0.6) is 0 Å². The van der Waals surface area contributed by atoms with Crippen LogP contribution in [-0.4, -0.2) is 27.7 Å². The van der Waals surface area contributed by atoms with E-state index in [1.807, 2.05) is 31.2 Å². The van der Waals surface area contributed by atoms with Crippen molar-refractivity contribution in [3.05, 3.63) is 35.4 Å². The first-order valence-electron chi connectivity index (χ1n) is 7.36. The molecule has 21 heavy (non-hydrogen) atoms. The lowest BCUT2D eigenvalue weighted by molar-refractivity contribution is 0.0585. The van der Waals surface area contributed by atoms with Gasteiger partial charge in [-0.2, -0.15) is 0 Å². The number of rotatable bonds is 6. The standard InChI is InChI=1S/C15H24N2O3S/c1-12(15-6-8-20-9-7-15)17-21(18,19)11-14-4-2-13(10-16)3-5-14/h2-5,12,15,17H,6-11,16H2,1H3. The van der Waals surface area contributed by atoms with Crippen LogP contribution in [0.25, 0.3) is 0 Å². The van der Waals surface area contributed by atoms with Crippen molar-refractivity contribution in [1.82, 2.24) is 4.72 Å². The van der Waals surface area contributed by atoms with E-state index in [1.54, 1.807) is 0 Å². The average Bonchev–Trinajstić information content (AvgIpc) is 2.48. The Morgan fingerprint density at radius 3 is 2.38 bits per heavy atom. The number of benzene rings is 1. The number of hydrogen-bond donors (Lipinski definition) is 2. The van der Waals surface area contributed by atoms with E-state index in [9.17, 15) is 8.42 Å². The smallest absolute Gasteiger partial charge is 0.216 e. The van der Waals surface area contributed by atoms with Gasteiger partial charge < -0.3 is 10.5 Å². The van der Waals surface area contributed by atoms with E-state index in [4.69, 9.17) is 10.5 Å². The van der Waals surface area contributed by atoms with Gasteiger partial charge in [-0.3, -0.25) is 0 Å². The highest BCUT2D eigenvalue weighted by Gasteiger charge is 2.24. The summed E-state index contributed by atoms with van der Waals surface area (Å²) in [5.74, 6) is 0.360. The number of nitrogens with two attached hydrogens (primary N) is 1. The largest absolute Gasteiger partial charge is 0.381 e. The van der Waals surface area contributed by atoms with Crippen molar-refractivity contribution in [3.8, 4) is 0 Å². The van der Waals surface area contributed by atoms with Gasteiger partial charge in [0.2, 0.25) is 10.0 Å². The molecular weight excluding hydrogens is 288 g/mol. The van der Waals surface area contributed by atoms with Gasteiger partial charge in [0, 0.05) is 25.8 Å². The van der Waals surface area contributed by atoms with E-state index < -0.39 is 10.0 Å². The Hall–Kier alpha value is -0.950. The fourth-order valence-electron chi connectivity index (χ4n) is 2.63. The van der Waals surface area contributed by atoms with E-state index >= 15 is 0 Å². The molecule has 2 rings (SSSR count). The van der Waals surface area contributed by atoms with Gasteiger partial charge >= 0.3 is 0 Å². The molecule has 1 atom stereocenters. The molecule has 118 valence electrons. The molecule has 0 aliphatic carbocycles. The summed E-state index contributed by atoms with van der Waals surface area (Å²) in [5, 5.41) is 0. The molecule has 6 heteroatoms. The first-order chi connectivity index (χ1) is 10.00. The zero-order valence-electron chi connectivity index (χ0n) is 12.4. The van der Waals surface area contributed by atoms with Crippen LogP contribution in [0.1, 0.15) is 30.9 Å². The summed E-state index contributed by atoms with van der Waals surface area (Å²) in [6.07, 6.45) is 1.82. The summed E-state index contributed by atoms with van der Waals surface area (Å²) >= 11 is 0. The molecule has 5 nitrogen and oxygen atoms in total. The highest BCUT2D eigenvalue weighted by atomic mass is 32.2. The van der Waals surface area contributed by atoms with Crippen molar-refractivity contribution >= 4 is 10.0 Å². The van der Waals surface area contributed by atoms with E-state index in [0.717, 1.165) is 37.2 Å². The third kappa shape index (κ3) is 5.07. The molecule has 1 saturated heterocycles. The van der Waals surface area contributed by atoms with Gasteiger partial charge in [0.1, 0.15) is 0 Å². The molecule has 0 bridgehead atoms. The molecule has 1 aliphatic heterocycles. The zero-order valence-corrected chi connectivity index (χ0v) is 13.2. The Balaban J connectivity index is 1.93. The molecular formula is C15H24N2O3S. The number of hydrogen-bond acceptors (Lipinski definition) is 4. The lowest BCUT2D eigenvalue weighted by atomic mass is 9.94. The summed E-state index contributed by atoms with van der Waals surface area (Å²) < 4.78 is 32.6. The molecule has 3 N–H and O–H groups in total. The van der Waals surface area contributed by atoms with Gasteiger partial charge in [-0.05, 0) is 36.8 Å². The van der Waals surface area contributed by atoms with Crippen molar-refractivity contribution in [1.29, 1.82) is 0 Å². The second-order valence-corrected chi connectivity index (χ2v) is 7.39. The third-order valence-corrected chi connectivity index (χ3v) is 5.40. The molecule has 0 spiro atoms. The van der Waals surface area contributed by atoms with Crippen molar-refractivity contribution in [3.63, 3.8) is 0 Å². The Morgan fingerprint density at radius 1 is 1.24 bits per heavy atom. The summed E-state index contributed by atoms with van der Waals surface area (Å²) in [6, 6.07) is 7.32. The molecule has 0 amide bonds. The Bertz CT molecular complexity index is 537. The van der Waals surface area contributed by atoms with Crippen molar-refractivity contribution in [2.24, 2.45) is 11.7 Å². The predicted molar refractivity (Wildman–Crippen MR) is 83.1 cm³/mol. The minimum absolute atomic E-state index is 0.00537. The number of nitrogens with one attached hydrogen (secondary N) is 1. The first kappa shape index (κ1) is 16.4. The van der Waals surface area contributed by atoms with Gasteiger partial charge in [-0.15, -0.1) is 0 Å². The van der Waals surface area contributed by atoms with E-state index in [0.29, 0.717) is 12.5 Å². The Kier molecular flexibility index (Phi) is 5.75. The fraction of sp³-hybridized carbons (Fsp3) is 0.600. The Labute approximate surface area is 126 Å². The van der Waals surface area contributed by atoms with Gasteiger partial charge in [-0.25, -0.2) is 13.1 Å². The van der Waals surface area contributed by atoms with Crippen molar-refractivity contribution in [2.75, 3.05) is 13.2 Å². The highest BCUT2D eigenvalue weighted by Crippen LogP contribution is 2.19. The maximum Gasteiger partial charge on any atom is 0.216 e. The minimum Gasteiger partial charge on any atom is -0.381 e. The van der Waals surface area contributed by atoms with Crippen LogP contribution >= 0.6 is 0 Å². The quantitative estimate of drug-likeness (QED) is 0.831. The molecule has 0 radical (unpaired) electrons. The molecule has 0 aromatic heterocycles. The maximum atomic E-state index is 12.2. The SMILES string of the molecule is CC(NS(=O)(=O)Cc1ccc(CN)cc1)C1CCOCC1. The van der Waals surface area contributed by atoms with Crippen LogP contribution in [0.15, 0.2) is 24.3 Å². The number of ether oxygens (including phenoxy) is 1. The third-order valence-electron chi connectivity index (χ3n) is 3.95. The highest BCUT2D eigenvalue weighted by molar-refractivity contribution is 7.88. The lowest BCUT2D eigenvalue weighted by Crippen LogP contribution is -2.40. The van der Waals surface area contributed by atoms with E-state index in [2.05, 4.69) is 4.72 Å². The zero-order chi connectivity index (χ0) is 15.3. The molecule has 0 saturated carbocycles. The molecule has 1 fully saturated rings. The number of sulfonamides is 1. The minimum atomic E-state index is -3.32. The van der Waals surface area contributed by atoms with Gasteiger partial charge in [0.15, 0.2) is 0 Å². The topological polar surface area (TPSA) is 81.4 Å². The fourth-order valence-corrected chi connectivity index (χ4v) is 4.10. The lowest BCUT2D eigenvalue weighted by Gasteiger charge is -2.28. The monoisotopic (exact) mass is 312 g/mol. The average molecular weight is 312 g/mol. The first-order valence-corrected chi connectivity index (χ1v) is 9.01. The van der Waals surface area contributed by atoms with Gasteiger partial charge in [-0.1, -0.05) is 24.3 Å². The molecule has 1 unspecified atom stereocenters. The summed E-state index contributed by atoms with van der Waals surface area (Å²) in [4.78, 5) is 0. The van der Waals surface area contributed by atoms with Crippen LogP contribution in [-0.2, 0) is 27.1 Å². The van der Waals surface area contributed by atoms with E-state index in [-0.39, 0.29) is 11.8 Å². The van der Waals surface area contributed by atoms with Crippen molar-refractivity contribution in [2.45, 2.75) is 38.1 Å². The normalized spacial score (nSPS) is 18.6. The second-order valence-electron chi connectivity index (χ2n) is 5.64. The predicted octanol–water partition coefficient (Wildman–Crippen LogP) is 1.38. The van der Waals surface area contributed by atoms with E-state index in [1.165, 1.54) is 0 Å². The summed E-state index contributed by atoms with van der Waals surface area (Å²) in [6.45, 7) is 3.84. The van der Waals surface area contributed by atoms with Crippen LogP contribution < -0.4 is 10.5 Å². The maximum absolute atomic E-state index is 12.2. The molecule has 1 heterocycles. The molecule has 1 aromatic rings. The van der Waals surface area contributed by atoms with Crippen LogP contribution in [0, 0.1) is 5.92 Å². The molecule has 1 aromatic carbocycles. The van der Waals surface area contributed by atoms with Gasteiger partial charge in [0.05, 0.1) is 5.75 Å². The van der Waals surface area contributed by atoms with Crippen LogP contribution in [0.3, 0.4) is 0 Å². The van der Waals surface area contributed by atoms with Crippen molar-refractivity contribution < 1.29 is 13.2 Å². The summed E-state index contributed by atoms with van der Waals surface area (Å²) in [7, 11) is -3.32. The second kappa shape index (κ2) is 7.35. The van der Waals surface area contributed by atoms with Crippen LogP contribution in [0.2, 0.25) is 0 Å².